The minimum Gasteiger partial charge on any atom is -0.506 e. The second-order valence-corrected chi connectivity index (χ2v) is 9.83. The topological polar surface area (TPSA) is 103 Å². The molecule has 1 aliphatic heterocycles. The van der Waals surface area contributed by atoms with Gasteiger partial charge in [0, 0.05) is 32.1 Å². The van der Waals surface area contributed by atoms with E-state index in [9.17, 15) is 23.5 Å². The SMILES string of the molecule is CCCCC(C)N(CCNCCc1ccc(O)c2c1OCC(=O)N2)C(=O)CCNCCc1cccc(F)c1F. The van der Waals surface area contributed by atoms with Gasteiger partial charge >= 0.3 is 0 Å². The monoisotopic (exact) mass is 546 g/mol. The number of fused-ring (bicyclic) bond motifs is 1. The smallest absolute Gasteiger partial charge is 0.262 e. The van der Waals surface area contributed by atoms with Crippen LogP contribution < -0.4 is 20.7 Å². The molecule has 3 rings (SSSR count). The summed E-state index contributed by atoms with van der Waals surface area (Å²) in [7, 11) is 0. The third kappa shape index (κ3) is 8.90. The van der Waals surface area contributed by atoms with Gasteiger partial charge in [-0.1, -0.05) is 38.0 Å². The minimum atomic E-state index is -0.850. The molecule has 39 heavy (non-hydrogen) atoms. The fourth-order valence-corrected chi connectivity index (χ4v) is 4.63. The lowest BCUT2D eigenvalue weighted by atomic mass is 10.1. The van der Waals surface area contributed by atoms with E-state index in [0.29, 0.717) is 69.0 Å². The van der Waals surface area contributed by atoms with Crippen molar-refractivity contribution < 1.29 is 28.2 Å². The molecular weight excluding hydrogens is 506 g/mol. The van der Waals surface area contributed by atoms with E-state index >= 15 is 0 Å². The molecule has 2 aromatic carbocycles. The van der Waals surface area contributed by atoms with Crippen molar-refractivity contribution in [1.29, 1.82) is 0 Å². The molecule has 4 N–H and O–H groups in total. The number of amides is 2. The average molecular weight is 547 g/mol. The third-order valence-corrected chi connectivity index (χ3v) is 6.88. The van der Waals surface area contributed by atoms with Crippen LogP contribution in [0.1, 0.15) is 50.7 Å². The molecule has 1 atom stereocenters. The summed E-state index contributed by atoms with van der Waals surface area (Å²) in [6.45, 7) is 6.85. The van der Waals surface area contributed by atoms with Gasteiger partial charge in [-0.3, -0.25) is 9.59 Å². The number of hydrogen-bond acceptors (Lipinski definition) is 6. The van der Waals surface area contributed by atoms with Crippen molar-refractivity contribution in [3.63, 3.8) is 0 Å². The largest absolute Gasteiger partial charge is 0.506 e. The Morgan fingerprint density at radius 1 is 1.10 bits per heavy atom. The molecule has 1 unspecified atom stereocenters. The number of rotatable bonds is 16. The molecule has 0 aromatic heterocycles. The Hall–Kier alpha value is -3.24. The first-order valence-electron chi connectivity index (χ1n) is 13.7. The van der Waals surface area contributed by atoms with Gasteiger partial charge in [-0.15, -0.1) is 0 Å². The zero-order valence-electron chi connectivity index (χ0n) is 22.8. The zero-order valence-corrected chi connectivity index (χ0v) is 22.8. The Labute approximate surface area is 229 Å². The summed E-state index contributed by atoms with van der Waals surface area (Å²) in [5, 5.41) is 19.2. The molecule has 2 amide bonds. The van der Waals surface area contributed by atoms with Gasteiger partial charge in [0.15, 0.2) is 24.0 Å². The van der Waals surface area contributed by atoms with E-state index in [-0.39, 0.29) is 30.2 Å². The van der Waals surface area contributed by atoms with Gasteiger partial charge in [0.25, 0.3) is 5.91 Å². The first kappa shape index (κ1) is 30.3. The van der Waals surface area contributed by atoms with Crippen molar-refractivity contribution in [3.8, 4) is 11.5 Å². The number of aromatic hydroxyl groups is 1. The van der Waals surface area contributed by atoms with E-state index in [2.05, 4.69) is 29.8 Å². The van der Waals surface area contributed by atoms with Gasteiger partial charge in [-0.2, -0.15) is 0 Å². The molecule has 0 saturated carbocycles. The fraction of sp³-hybridized carbons (Fsp3) is 0.517. The summed E-state index contributed by atoms with van der Waals surface area (Å²) in [6.07, 6.45) is 4.33. The molecule has 0 fully saturated rings. The number of carbonyl (C=O) groups excluding carboxylic acids is 2. The van der Waals surface area contributed by atoms with E-state index in [1.807, 2.05) is 4.90 Å². The van der Waals surface area contributed by atoms with Crippen LogP contribution in [0.5, 0.6) is 11.5 Å². The zero-order chi connectivity index (χ0) is 28.2. The lowest BCUT2D eigenvalue weighted by Gasteiger charge is -2.30. The first-order valence-corrected chi connectivity index (χ1v) is 13.7. The summed E-state index contributed by atoms with van der Waals surface area (Å²) < 4.78 is 32.7. The molecule has 1 heterocycles. The maximum Gasteiger partial charge on any atom is 0.262 e. The van der Waals surface area contributed by atoms with Crippen LogP contribution in [-0.2, 0) is 22.4 Å². The summed E-state index contributed by atoms with van der Waals surface area (Å²) in [6, 6.07) is 7.60. The van der Waals surface area contributed by atoms with Gasteiger partial charge in [0.1, 0.15) is 11.4 Å². The highest BCUT2D eigenvalue weighted by Gasteiger charge is 2.23. The van der Waals surface area contributed by atoms with Crippen LogP contribution in [0.3, 0.4) is 0 Å². The predicted molar refractivity (Wildman–Crippen MR) is 147 cm³/mol. The molecule has 0 aliphatic carbocycles. The number of anilines is 1. The van der Waals surface area contributed by atoms with Crippen LogP contribution in [0.4, 0.5) is 14.5 Å². The Bertz CT molecular complexity index is 1110. The van der Waals surface area contributed by atoms with Crippen LogP contribution in [0.2, 0.25) is 0 Å². The normalized spacial score (nSPS) is 13.4. The maximum atomic E-state index is 13.8. The van der Waals surface area contributed by atoms with Crippen LogP contribution in [-0.4, -0.2) is 67.2 Å². The average Bonchev–Trinajstić information content (AvgIpc) is 2.92. The number of hydrogen-bond donors (Lipinski definition) is 4. The van der Waals surface area contributed by atoms with E-state index in [0.717, 1.165) is 30.9 Å². The molecule has 2 aromatic rings. The second kappa shape index (κ2) is 15.4. The third-order valence-electron chi connectivity index (χ3n) is 6.88. The molecule has 0 spiro atoms. The maximum absolute atomic E-state index is 13.8. The molecule has 0 radical (unpaired) electrons. The molecule has 1 aliphatic rings. The Balaban J connectivity index is 1.44. The number of benzene rings is 2. The summed E-state index contributed by atoms with van der Waals surface area (Å²) >= 11 is 0. The van der Waals surface area contributed by atoms with Crippen molar-refractivity contribution in [2.24, 2.45) is 0 Å². The second-order valence-electron chi connectivity index (χ2n) is 9.83. The van der Waals surface area contributed by atoms with Crippen LogP contribution in [0, 0.1) is 11.6 Å². The van der Waals surface area contributed by atoms with E-state index < -0.39 is 11.6 Å². The number of nitrogens with one attached hydrogen (secondary N) is 3. The minimum absolute atomic E-state index is 0.0272. The van der Waals surface area contributed by atoms with Crippen molar-refractivity contribution in [2.75, 3.05) is 44.6 Å². The van der Waals surface area contributed by atoms with Crippen LogP contribution in [0.25, 0.3) is 0 Å². The lowest BCUT2D eigenvalue weighted by molar-refractivity contribution is -0.133. The number of phenolic OH excluding ortho intramolecular Hbond substituents is 1. The molecular formula is C29H40F2N4O4. The number of nitrogens with zero attached hydrogens (tertiary/aromatic N) is 1. The summed E-state index contributed by atoms with van der Waals surface area (Å²) in [5.74, 6) is -1.44. The lowest BCUT2D eigenvalue weighted by Crippen LogP contribution is -2.43. The van der Waals surface area contributed by atoms with E-state index in [4.69, 9.17) is 4.74 Å². The number of unbranched alkanes of at least 4 members (excludes halogenated alkanes) is 1. The Morgan fingerprint density at radius 2 is 1.85 bits per heavy atom. The van der Waals surface area contributed by atoms with Crippen molar-refractivity contribution in [2.45, 2.75) is 58.4 Å². The predicted octanol–water partition coefficient (Wildman–Crippen LogP) is 3.76. The van der Waals surface area contributed by atoms with Gasteiger partial charge in [0.05, 0.1) is 0 Å². The first-order chi connectivity index (χ1) is 18.8. The van der Waals surface area contributed by atoms with Gasteiger partial charge in [-0.25, -0.2) is 8.78 Å². The summed E-state index contributed by atoms with van der Waals surface area (Å²) in [4.78, 5) is 26.6. The Morgan fingerprint density at radius 3 is 2.62 bits per heavy atom. The van der Waals surface area contributed by atoms with Gasteiger partial charge in [-0.05, 0) is 62.5 Å². The molecule has 0 bridgehead atoms. The number of phenols is 1. The number of halogens is 2. The standard InChI is InChI=1S/C29H40F2N4O4/c1-3-4-6-20(2)35(26(38)13-16-32-14-11-21-7-5-8-23(30)27(21)31)18-17-33-15-12-22-9-10-24(36)28-29(22)39-19-25(37)34-28/h5,7-10,20,32-33,36H,3-4,6,11-19H2,1-2H3,(H,34,37). The summed E-state index contributed by atoms with van der Waals surface area (Å²) in [5.41, 5.74) is 1.50. The fourth-order valence-electron chi connectivity index (χ4n) is 4.63. The number of carbonyl (C=O) groups is 2. The van der Waals surface area contributed by atoms with Gasteiger partial charge < -0.3 is 30.7 Å². The van der Waals surface area contributed by atoms with E-state index in [1.165, 1.54) is 6.07 Å². The molecule has 0 saturated heterocycles. The van der Waals surface area contributed by atoms with Crippen molar-refractivity contribution in [3.05, 3.63) is 53.1 Å². The molecule has 214 valence electrons. The highest BCUT2D eigenvalue weighted by atomic mass is 19.2. The highest BCUT2D eigenvalue weighted by Crippen LogP contribution is 2.39. The molecule has 10 heteroatoms. The van der Waals surface area contributed by atoms with Crippen molar-refractivity contribution in [1.82, 2.24) is 15.5 Å². The highest BCUT2D eigenvalue weighted by molar-refractivity contribution is 5.97. The van der Waals surface area contributed by atoms with Crippen LogP contribution in [0.15, 0.2) is 30.3 Å². The van der Waals surface area contributed by atoms with Gasteiger partial charge in [0.2, 0.25) is 5.91 Å². The Kier molecular flexibility index (Phi) is 11.9. The van der Waals surface area contributed by atoms with E-state index in [1.54, 1.807) is 18.2 Å². The number of ether oxygens (including phenoxy) is 1. The van der Waals surface area contributed by atoms with Crippen molar-refractivity contribution >= 4 is 17.5 Å². The molecule has 8 nitrogen and oxygen atoms in total. The quantitative estimate of drug-likeness (QED) is 0.189. The van der Waals surface area contributed by atoms with Crippen LogP contribution >= 0.6 is 0 Å².